The van der Waals surface area contributed by atoms with Crippen LogP contribution in [0.25, 0.3) is 0 Å². The third kappa shape index (κ3) is 9.46. The molecule has 0 bridgehead atoms. The summed E-state index contributed by atoms with van der Waals surface area (Å²) >= 11 is 0. The zero-order valence-corrected chi connectivity index (χ0v) is 25.9. The number of carbonyl (C=O) groups is 2. The summed E-state index contributed by atoms with van der Waals surface area (Å²) in [6, 6.07) is 22.3. The van der Waals surface area contributed by atoms with Crippen molar-refractivity contribution in [3.05, 3.63) is 101 Å². The topological polar surface area (TPSA) is 86.8 Å². The van der Waals surface area contributed by atoms with Gasteiger partial charge >= 0.3 is 0 Å². The first-order chi connectivity index (χ1) is 19.3. The maximum atomic E-state index is 13.9. The number of rotatable bonds is 13. The van der Waals surface area contributed by atoms with Crippen LogP contribution in [0.1, 0.15) is 54.5 Å². The second-order valence-corrected chi connectivity index (χ2v) is 13.0. The number of hydrogen-bond donors (Lipinski definition) is 1. The first kappa shape index (κ1) is 31.9. The molecule has 3 rings (SSSR count). The van der Waals surface area contributed by atoms with Crippen LogP contribution in [0.4, 0.5) is 5.69 Å². The molecule has 2 amide bonds. The fourth-order valence-corrected chi connectivity index (χ4v) is 5.78. The summed E-state index contributed by atoms with van der Waals surface area (Å²) in [5, 5.41) is 3.00. The number of sulfonamides is 1. The van der Waals surface area contributed by atoms with E-state index in [2.05, 4.69) is 5.32 Å². The highest BCUT2D eigenvalue weighted by Crippen LogP contribution is 2.23. The maximum Gasteiger partial charge on any atom is 0.243 e. The van der Waals surface area contributed by atoms with Gasteiger partial charge in [-0.05, 0) is 75.4 Å². The molecule has 41 heavy (non-hydrogen) atoms. The summed E-state index contributed by atoms with van der Waals surface area (Å²) in [5.41, 5.74) is 5.61. The number of nitrogens with zero attached hydrogens (tertiary/aromatic N) is 2. The van der Waals surface area contributed by atoms with Gasteiger partial charge in [0.05, 0.1) is 11.9 Å². The summed E-state index contributed by atoms with van der Waals surface area (Å²) in [6.07, 6.45) is 1.96. The Morgan fingerprint density at radius 1 is 0.854 bits per heavy atom. The van der Waals surface area contributed by atoms with Crippen molar-refractivity contribution in [3.8, 4) is 0 Å². The zero-order valence-electron chi connectivity index (χ0n) is 25.1. The molecule has 0 saturated carbocycles. The SMILES string of the molecule is Cc1cccc(CN(C(=O)CCCN(c2ccc(C)c(C)c2)S(C)(=O)=O)C(Cc2ccccc2)C(=O)NC(C)C)c1. The van der Waals surface area contributed by atoms with Crippen molar-refractivity contribution in [2.45, 2.75) is 72.5 Å². The summed E-state index contributed by atoms with van der Waals surface area (Å²) in [6.45, 7) is 10.2. The average Bonchev–Trinajstić information content (AvgIpc) is 2.89. The van der Waals surface area contributed by atoms with Gasteiger partial charge in [-0.1, -0.05) is 66.2 Å². The number of benzene rings is 3. The molecule has 3 aromatic rings. The van der Waals surface area contributed by atoms with Crippen molar-refractivity contribution in [2.24, 2.45) is 0 Å². The Labute approximate surface area is 245 Å². The van der Waals surface area contributed by atoms with E-state index < -0.39 is 16.1 Å². The highest BCUT2D eigenvalue weighted by molar-refractivity contribution is 7.92. The van der Waals surface area contributed by atoms with E-state index in [1.165, 1.54) is 10.6 Å². The van der Waals surface area contributed by atoms with Crippen LogP contribution < -0.4 is 9.62 Å². The Morgan fingerprint density at radius 2 is 1.54 bits per heavy atom. The fraction of sp³-hybridized carbons (Fsp3) is 0.394. The van der Waals surface area contributed by atoms with Crippen LogP contribution in [0.15, 0.2) is 72.8 Å². The van der Waals surface area contributed by atoms with E-state index in [4.69, 9.17) is 0 Å². The molecule has 7 nitrogen and oxygen atoms in total. The van der Waals surface area contributed by atoms with Gasteiger partial charge < -0.3 is 10.2 Å². The lowest BCUT2D eigenvalue weighted by molar-refractivity contribution is -0.141. The van der Waals surface area contributed by atoms with E-state index in [0.717, 1.165) is 27.8 Å². The minimum Gasteiger partial charge on any atom is -0.352 e. The molecule has 0 aliphatic heterocycles. The van der Waals surface area contributed by atoms with Crippen LogP contribution >= 0.6 is 0 Å². The minimum atomic E-state index is -3.56. The average molecular weight is 578 g/mol. The number of carbonyl (C=O) groups excluding carboxylic acids is 2. The van der Waals surface area contributed by atoms with Gasteiger partial charge in [0.25, 0.3) is 0 Å². The Balaban J connectivity index is 1.89. The number of anilines is 1. The normalized spacial score (nSPS) is 12.2. The van der Waals surface area contributed by atoms with Crippen molar-refractivity contribution in [1.82, 2.24) is 10.2 Å². The molecule has 220 valence electrons. The van der Waals surface area contributed by atoms with Crippen molar-refractivity contribution >= 4 is 27.5 Å². The highest BCUT2D eigenvalue weighted by atomic mass is 32.2. The lowest BCUT2D eigenvalue weighted by atomic mass is 10.0. The number of amides is 2. The molecule has 1 N–H and O–H groups in total. The molecule has 0 spiro atoms. The van der Waals surface area contributed by atoms with Gasteiger partial charge in [0.15, 0.2) is 0 Å². The molecule has 0 radical (unpaired) electrons. The van der Waals surface area contributed by atoms with Crippen LogP contribution in [0.3, 0.4) is 0 Å². The Morgan fingerprint density at radius 3 is 2.15 bits per heavy atom. The quantitative estimate of drug-likeness (QED) is 0.298. The summed E-state index contributed by atoms with van der Waals surface area (Å²) in [4.78, 5) is 29.1. The van der Waals surface area contributed by atoms with Crippen molar-refractivity contribution in [2.75, 3.05) is 17.1 Å². The van der Waals surface area contributed by atoms with Crippen molar-refractivity contribution in [3.63, 3.8) is 0 Å². The van der Waals surface area contributed by atoms with Gasteiger partial charge in [0, 0.05) is 32.0 Å². The number of aryl methyl sites for hydroxylation is 3. The second kappa shape index (κ2) is 14.3. The molecule has 0 fully saturated rings. The van der Waals surface area contributed by atoms with E-state index in [1.54, 1.807) is 11.0 Å². The van der Waals surface area contributed by atoms with Gasteiger partial charge in [-0.15, -0.1) is 0 Å². The molecule has 0 aliphatic carbocycles. The predicted octanol–water partition coefficient (Wildman–Crippen LogP) is 5.32. The first-order valence-corrected chi connectivity index (χ1v) is 15.9. The summed E-state index contributed by atoms with van der Waals surface area (Å²) in [7, 11) is -3.56. The molecule has 1 unspecified atom stereocenters. The molecule has 3 aromatic carbocycles. The van der Waals surface area contributed by atoms with Gasteiger partial charge in [0.1, 0.15) is 6.04 Å². The van der Waals surface area contributed by atoms with E-state index in [0.29, 0.717) is 18.5 Å². The largest absolute Gasteiger partial charge is 0.352 e. The maximum absolute atomic E-state index is 13.9. The zero-order chi connectivity index (χ0) is 30.2. The Bertz CT molecular complexity index is 1440. The molecule has 1 atom stereocenters. The third-order valence-corrected chi connectivity index (χ3v) is 8.26. The molecular formula is C33H43N3O4S. The van der Waals surface area contributed by atoms with Gasteiger partial charge in [-0.3, -0.25) is 13.9 Å². The summed E-state index contributed by atoms with van der Waals surface area (Å²) in [5.74, 6) is -0.405. The molecular weight excluding hydrogens is 534 g/mol. The van der Waals surface area contributed by atoms with Gasteiger partial charge in [-0.25, -0.2) is 8.42 Å². The van der Waals surface area contributed by atoms with Crippen molar-refractivity contribution < 1.29 is 18.0 Å². The number of hydrogen-bond acceptors (Lipinski definition) is 4. The minimum absolute atomic E-state index is 0.0852. The third-order valence-electron chi connectivity index (χ3n) is 7.07. The fourth-order valence-electron chi connectivity index (χ4n) is 4.83. The van der Waals surface area contributed by atoms with E-state index in [-0.39, 0.29) is 37.4 Å². The standard InChI is InChI=1S/C33H43N3O4S/c1-24(2)34-33(38)31(22-28-13-8-7-9-14-28)35(23-29-15-10-12-25(3)20-29)32(37)16-11-19-36(41(6,39)40)30-18-17-26(4)27(5)21-30/h7-10,12-15,17-18,20-21,24,31H,11,16,19,22-23H2,1-6H3,(H,34,38). The van der Waals surface area contributed by atoms with Crippen molar-refractivity contribution in [1.29, 1.82) is 0 Å². The Kier molecular flexibility index (Phi) is 11.1. The van der Waals surface area contributed by atoms with Crippen LogP contribution in [0.5, 0.6) is 0 Å². The van der Waals surface area contributed by atoms with E-state index >= 15 is 0 Å². The van der Waals surface area contributed by atoms with E-state index in [1.807, 2.05) is 101 Å². The lowest BCUT2D eigenvalue weighted by Crippen LogP contribution is -2.51. The molecule has 8 heteroatoms. The highest BCUT2D eigenvalue weighted by Gasteiger charge is 2.31. The van der Waals surface area contributed by atoms with E-state index in [9.17, 15) is 18.0 Å². The smallest absolute Gasteiger partial charge is 0.243 e. The molecule has 0 saturated heterocycles. The van der Waals surface area contributed by atoms with Crippen LogP contribution in [-0.2, 0) is 32.6 Å². The van der Waals surface area contributed by atoms with Crippen LogP contribution in [-0.4, -0.2) is 50.0 Å². The first-order valence-electron chi connectivity index (χ1n) is 14.1. The van der Waals surface area contributed by atoms with Gasteiger partial charge in [0.2, 0.25) is 21.8 Å². The Hall–Kier alpha value is -3.65. The molecule has 0 heterocycles. The molecule has 0 aliphatic rings. The molecule has 0 aromatic heterocycles. The van der Waals surface area contributed by atoms with Gasteiger partial charge in [-0.2, -0.15) is 0 Å². The second-order valence-electron chi connectivity index (χ2n) is 11.1. The summed E-state index contributed by atoms with van der Waals surface area (Å²) < 4.78 is 26.7. The number of nitrogens with one attached hydrogen (secondary N) is 1. The van der Waals surface area contributed by atoms with Crippen LogP contribution in [0.2, 0.25) is 0 Å². The monoisotopic (exact) mass is 577 g/mol. The van der Waals surface area contributed by atoms with Crippen LogP contribution in [0, 0.1) is 20.8 Å². The predicted molar refractivity (Wildman–Crippen MR) is 166 cm³/mol. The lowest BCUT2D eigenvalue weighted by Gasteiger charge is -2.32.